The van der Waals surface area contributed by atoms with Gasteiger partial charge in [-0.05, 0) is 43.2 Å². The minimum atomic E-state index is -4.66. The molecule has 0 aliphatic carbocycles. The Morgan fingerprint density at radius 2 is 1.83 bits per heavy atom. The maximum absolute atomic E-state index is 14.2. The van der Waals surface area contributed by atoms with E-state index in [2.05, 4.69) is 20.2 Å². The number of carbonyl (C=O) groups is 2. The number of hydrogen-bond acceptors (Lipinski definition) is 9. The number of benzene rings is 1. The summed E-state index contributed by atoms with van der Waals surface area (Å²) in [5.41, 5.74) is 0.197. The lowest BCUT2D eigenvalue weighted by molar-refractivity contribution is -0.143. The van der Waals surface area contributed by atoms with Crippen molar-refractivity contribution < 1.29 is 37.0 Å². The molecular weight excluding hydrogens is 619 g/mol. The summed E-state index contributed by atoms with van der Waals surface area (Å²) in [5, 5.41) is 8.32. The minimum absolute atomic E-state index is 0.0275. The van der Waals surface area contributed by atoms with Crippen LogP contribution in [0.1, 0.15) is 46.6 Å². The molecule has 3 saturated heterocycles. The molecular formula is C32H36F3N7O5. The van der Waals surface area contributed by atoms with Crippen molar-refractivity contribution in [3.05, 3.63) is 71.3 Å². The minimum Gasteiger partial charge on any atom is -0.491 e. The van der Waals surface area contributed by atoms with E-state index in [-0.39, 0.29) is 49.4 Å². The van der Waals surface area contributed by atoms with Crippen molar-refractivity contribution in [2.45, 2.75) is 62.8 Å². The van der Waals surface area contributed by atoms with Crippen LogP contribution in [0.3, 0.4) is 0 Å². The number of ether oxygens (including phenoxy) is 3. The summed E-state index contributed by atoms with van der Waals surface area (Å²) >= 11 is 0. The largest absolute Gasteiger partial charge is 0.491 e. The highest BCUT2D eigenvalue weighted by Gasteiger charge is 2.46. The molecule has 0 saturated carbocycles. The van der Waals surface area contributed by atoms with Gasteiger partial charge in [-0.15, -0.1) is 5.10 Å². The lowest BCUT2D eigenvalue weighted by Gasteiger charge is -2.46. The van der Waals surface area contributed by atoms with E-state index < -0.39 is 29.8 Å². The lowest BCUT2D eigenvalue weighted by atomic mass is 10.0. The van der Waals surface area contributed by atoms with Crippen LogP contribution in [0.25, 0.3) is 0 Å². The first-order valence-electron chi connectivity index (χ1n) is 15.9. The summed E-state index contributed by atoms with van der Waals surface area (Å²) in [7, 11) is 0. The highest BCUT2D eigenvalue weighted by Crippen LogP contribution is 2.36. The van der Waals surface area contributed by atoms with Crippen molar-refractivity contribution in [2.75, 3.05) is 46.0 Å². The average molecular weight is 656 g/mol. The molecule has 0 N–H and O–H groups in total. The second-order valence-corrected chi connectivity index (χ2v) is 12.4. The van der Waals surface area contributed by atoms with Crippen LogP contribution in [0.4, 0.5) is 13.2 Å². The Bertz CT molecular complexity index is 1580. The van der Waals surface area contributed by atoms with Gasteiger partial charge in [0, 0.05) is 58.1 Å². The molecule has 2 aromatic heterocycles. The standard InChI is InChI=1S/C32H36F3N7O5/c33-32(34,35)21-4-5-29-27(13-21)30(43)42-18-26(46-19-23-16-40(38-37-23)15-22-3-1-2-8-36-22)14-28(42)31(44)41-10-9-39(17-25(41)20-47-29)24-6-11-45-12-7-24/h1-5,8,13,16,24-26,28H,6-7,9-12,14-15,17-20H2/t25-,26+,28-/m0/s1. The second kappa shape index (κ2) is 13.2. The van der Waals surface area contributed by atoms with E-state index in [4.69, 9.17) is 14.2 Å². The number of alkyl halides is 3. The zero-order chi connectivity index (χ0) is 32.5. The van der Waals surface area contributed by atoms with Gasteiger partial charge < -0.3 is 24.0 Å². The SMILES string of the molecule is O=C1[C@@H]2C[C@@H](OCc3cn(Cc4ccccn4)nn3)CN2C(=O)c2cc(C(F)(F)F)ccc2OC[C@@H]2CN(C3CCOCC3)CCN12. The number of hydrogen-bond donors (Lipinski definition) is 0. The van der Waals surface area contributed by atoms with E-state index in [0.717, 1.165) is 30.7 Å². The molecule has 0 bridgehead atoms. The Hall–Kier alpha value is -4.08. The maximum atomic E-state index is 14.2. The van der Waals surface area contributed by atoms with Gasteiger partial charge in [-0.1, -0.05) is 11.3 Å². The van der Waals surface area contributed by atoms with E-state index in [1.165, 1.54) is 11.0 Å². The molecule has 0 spiro atoms. The summed E-state index contributed by atoms with van der Waals surface area (Å²) in [6, 6.07) is 7.62. The van der Waals surface area contributed by atoms with Crippen LogP contribution in [0.15, 0.2) is 48.8 Å². The summed E-state index contributed by atoms with van der Waals surface area (Å²) in [4.78, 5) is 38.0. The van der Waals surface area contributed by atoms with Crippen molar-refractivity contribution in [1.82, 2.24) is 34.7 Å². The van der Waals surface area contributed by atoms with Crippen LogP contribution in [0.2, 0.25) is 0 Å². The first kappa shape index (κ1) is 31.5. The van der Waals surface area contributed by atoms with Crippen LogP contribution in [-0.4, -0.2) is 117 Å². The van der Waals surface area contributed by atoms with Gasteiger partial charge in [0.25, 0.3) is 5.91 Å². The van der Waals surface area contributed by atoms with Gasteiger partial charge in [0.2, 0.25) is 5.91 Å². The number of nitrogens with zero attached hydrogens (tertiary/aromatic N) is 7. The third-order valence-corrected chi connectivity index (χ3v) is 9.38. The van der Waals surface area contributed by atoms with Crippen LogP contribution >= 0.6 is 0 Å². The van der Waals surface area contributed by atoms with E-state index in [0.29, 0.717) is 51.1 Å². The van der Waals surface area contributed by atoms with Gasteiger partial charge in [-0.3, -0.25) is 19.5 Å². The number of amides is 2. The number of pyridine rings is 1. The molecule has 0 unspecified atom stereocenters. The predicted molar refractivity (Wildman–Crippen MR) is 159 cm³/mol. The van der Waals surface area contributed by atoms with Gasteiger partial charge >= 0.3 is 6.18 Å². The Morgan fingerprint density at radius 1 is 0.979 bits per heavy atom. The van der Waals surface area contributed by atoms with Gasteiger partial charge in [0.15, 0.2) is 0 Å². The lowest BCUT2D eigenvalue weighted by Crippen LogP contribution is -2.62. The zero-order valence-corrected chi connectivity index (χ0v) is 25.7. The fourth-order valence-corrected chi connectivity index (χ4v) is 6.95. The maximum Gasteiger partial charge on any atom is 0.416 e. The first-order valence-corrected chi connectivity index (χ1v) is 15.9. The van der Waals surface area contributed by atoms with Crippen LogP contribution in [0, 0.1) is 0 Å². The number of piperazine rings is 1. The molecule has 4 aliphatic heterocycles. The molecule has 15 heteroatoms. The van der Waals surface area contributed by atoms with Crippen molar-refractivity contribution >= 4 is 11.8 Å². The number of rotatable bonds is 6. The summed E-state index contributed by atoms with van der Waals surface area (Å²) in [6.07, 6.45) is 0.226. The molecule has 3 atom stereocenters. The van der Waals surface area contributed by atoms with Crippen LogP contribution in [-0.2, 0) is 33.6 Å². The predicted octanol–water partition coefficient (Wildman–Crippen LogP) is 2.62. The molecule has 7 rings (SSSR count). The third kappa shape index (κ3) is 6.83. The number of halogens is 3. The Kier molecular flexibility index (Phi) is 8.85. The van der Waals surface area contributed by atoms with Crippen LogP contribution < -0.4 is 4.74 Å². The number of carbonyl (C=O) groups excluding carboxylic acids is 2. The molecule has 3 fully saturated rings. The van der Waals surface area contributed by atoms with Crippen molar-refractivity contribution in [3.63, 3.8) is 0 Å². The molecule has 2 amide bonds. The highest BCUT2D eigenvalue weighted by molar-refractivity contribution is 6.00. The van der Waals surface area contributed by atoms with E-state index in [1.54, 1.807) is 22.0 Å². The third-order valence-electron chi connectivity index (χ3n) is 9.38. The summed E-state index contributed by atoms with van der Waals surface area (Å²) in [6.45, 7) is 3.64. The fourth-order valence-electron chi connectivity index (χ4n) is 6.95. The van der Waals surface area contributed by atoms with Gasteiger partial charge in [-0.25, -0.2) is 4.68 Å². The smallest absolute Gasteiger partial charge is 0.416 e. The molecule has 47 heavy (non-hydrogen) atoms. The monoisotopic (exact) mass is 655 g/mol. The average Bonchev–Trinajstić information content (AvgIpc) is 3.73. The van der Waals surface area contributed by atoms with E-state index in [9.17, 15) is 22.8 Å². The molecule has 6 heterocycles. The number of aromatic nitrogens is 4. The molecule has 12 nitrogen and oxygen atoms in total. The number of fused-ring (bicyclic) bond motifs is 3. The summed E-state index contributed by atoms with van der Waals surface area (Å²) in [5.74, 6) is -0.884. The van der Waals surface area contributed by atoms with E-state index in [1.807, 2.05) is 18.2 Å². The molecule has 3 aromatic rings. The first-order chi connectivity index (χ1) is 22.7. The topological polar surface area (TPSA) is 115 Å². The van der Waals surface area contributed by atoms with Gasteiger partial charge in [0.05, 0.1) is 48.3 Å². The van der Waals surface area contributed by atoms with Crippen molar-refractivity contribution in [2.24, 2.45) is 0 Å². The Labute approximate surface area is 269 Å². The van der Waals surface area contributed by atoms with Crippen molar-refractivity contribution in [3.8, 4) is 5.75 Å². The molecule has 1 aromatic carbocycles. The Morgan fingerprint density at radius 3 is 2.62 bits per heavy atom. The second-order valence-electron chi connectivity index (χ2n) is 12.4. The Balaban J connectivity index is 1.12. The molecule has 4 aliphatic rings. The molecule has 0 radical (unpaired) electrons. The van der Waals surface area contributed by atoms with Gasteiger partial charge in [-0.2, -0.15) is 13.2 Å². The highest BCUT2D eigenvalue weighted by atomic mass is 19.4. The van der Waals surface area contributed by atoms with Gasteiger partial charge in [0.1, 0.15) is 24.1 Å². The normalized spacial score (nSPS) is 24.4. The van der Waals surface area contributed by atoms with E-state index >= 15 is 0 Å². The quantitative estimate of drug-likeness (QED) is 0.396. The summed E-state index contributed by atoms with van der Waals surface area (Å²) < 4.78 is 60.7. The zero-order valence-electron chi connectivity index (χ0n) is 25.7. The van der Waals surface area contributed by atoms with Crippen molar-refractivity contribution in [1.29, 1.82) is 0 Å². The fraction of sp³-hybridized carbons (Fsp3) is 0.531. The molecule has 250 valence electrons. The van der Waals surface area contributed by atoms with Crippen LogP contribution in [0.5, 0.6) is 5.75 Å².